The summed E-state index contributed by atoms with van der Waals surface area (Å²) in [6, 6.07) is 14.8. The van der Waals surface area contributed by atoms with Crippen LogP contribution in [0.25, 0.3) is 0 Å². The summed E-state index contributed by atoms with van der Waals surface area (Å²) in [4.78, 5) is 14.8. The number of hydrogen-bond donors (Lipinski definition) is 1. The Kier molecular flexibility index (Phi) is 6.96. The highest BCUT2D eigenvalue weighted by Crippen LogP contribution is 2.28. The van der Waals surface area contributed by atoms with E-state index < -0.39 is 15.9 Å². The monoisotopic (exact) mass is 489 g/mol. The maximum absolute atomic E-state index is 14.1. The van der Waals surface area contributed by atoms with Gasteiger partial charge >= 0.3 is 0 Å². The topological polar surface area (TPSA) is 78.9 Å². The normalized spacial score (nSPS) is 14.8. The van der Waals surface area contributed by atoms with Crippen LogP contribution in [0.2, 0.25) is 0 Å². The maximum atomic E-state index is 14.1. The van der Waals surface area contributed by atoms with Gasteiger partial charge in [-0.2, -0.15) is 4.31 Å². The number of piperazine rings is 1. The highest BCUT2D eigenvalue weighted by Gasteiger charge is 2.33. The Labute approximate surface area is 196 Å². The summed E-state index contributed by atoms with van der Waals surface area (Å²) < 4.78 is 47.4. The van der Waals surface area contributed by atoms with Crippen LogP contribution in [-0.4, -0.2) is 51.4 Å². The molecule has 0 bridgehead atoms. The zero-order valence-corrected chi connectivity index (χ0v) is 19.7. The predicted octanol–water partition coefficient (Wildman–Crippen LogP) is 4.05. The minimum absolute atomic E-state index is 0.0183. The summed E-state index contributed by atoms with van der Waals surface area (Å²) in [5.74, 6) is -0.137. The van der Waals surface area contributed by atoms with Gasteiger partial charge in [-0.15, -0.1) is 11.3 Å². The van der Waals surface area contributed by atoms with Gasteiger partial charge in [-0.1, -0.05) is 12.1 Å². The molecule has 1 fully saturated rings. The minimum Gasteiger partial charge on any atom is -0.494 e. The van der Waals surface area contributed by atoms with Crippen molar-refractivity contribution in [2.24, 2.45) is 0 Å². The molecule has 1 N–H and O–H groups in total. The highest BCUT2D eigenvalue weighted by atomic mass is 32.2. The molecule has 0 aliphatic carbocycles. The molecular formula is C23H24FN3O4S2. The number of amides is 1. The van der Waals surface area contributed by atoms with Crippen LogP contribution in [0.1, 0.15) is 16.6 Å². The molecule has 33 heavy (non-hydrogen) atoms. The number of anilines is 2. The molecule has 0 radical (unpaired) electrons. The van der Waals surface area contributed by atoms with Crippen molar-refractivity contribution in [2.45, 2.75) is 11.8 Å². The van der Waals surface area contributed by atoms with Gasteiger partial charge < -0.3 is 15.0 Å². The number of thiophene rings is 1. The van der Waals surface area contributed by atoms with E-state index >= 15 is 0 Å². The summed E-state index contributed by atoms with van der Waals surface area (Å²) in [6.45, 7) is 3.54. The summed E-state index contributed by atoms with van der Waals surface area (Å²) in [6.07, 6.45) is 0. The van der Waals surface area contributed by atoms with Gasteiger partial charge in [-0.3, -0.25) is 4.79 Å². The van der Waals surface area contributed by atoms with E-state index in [4.69, 9.17) is 4.74 Å². The molecule has 1 aromatic heterocycles. The number of nitrogens with one attached hydrogen (secondary N) is 1. The standard InChI is InChI=1S/C23H24FN3O4S2/c1-2-31-18-9-7-17(8-10-18)25-23(28)22-21(11-16-32-22)33(29,30)27-14-12-26(13-15-27)20-6-4-3-5-19(20)24/h3-11,16H,2,12-15H2,1H3,(H,25,28). The summed E-state index contributed by atoms with van der Waals surface area (Å²) in [5.41, 5.74) is 0.999. The van der Waals surface area contributed by atoms with E-state index in [1.807, 2.05) is 11.8 Å². The van der Waals surface area contributed by atoms with Crippen molar-refractivity contribution in [1.29, 1.82) is 0 Å². The Morgan fingerprint density at radius 3 is 2.42 bits per heavy atom. The van der Waals surface area contributed by atoms with Crippen LogP contribution in [0.4, 0.5) is 15.8 Å². The molecule has 0 saturated carbocycles. The van der Waals surface area contributed by atoms with Crippen LogP contribution >= 0.6 is 11.3 Å². The number of rotatable bonds is 7. The first-order valence-electron chi connectivity index (χ1n) is 10.5. The third-order valence-corrected chi connectivity index (χ3v) is 8.29. The lowest BCUT2D eigenvalue weighted by Gasteiger charge is -2.35. The Hall–Kier alpha value is -2.95. The van der Waals surface area contributed by atoms with Crippen molar-refractivity contribution >= 4 is 38.6 Å². The van der Waals surface area contributed by atoms with Crippen molar-refractivity contribution in [3.63, 3.8) is 0 Å². The number of sulfonamides is 1. The number of carbonyl (C=O) groups excluding carboxylic acids is 1. The number of nitrogens with zero attached hydrogens (tertiary/aromatic N) is 2. The predicted molar refractivity (Wildman–Crippen MR) is 127 cm³/mol. The molecule has 1 saturated heterocycles. The van der Waals surface area contributed by atoms with Gasteiger partial charge in [0.05, 0.1) is 12.3 Å². The lowest BCUT2D eigenvalue weighted by Crippen LogP contribution is -2.49. The quantitative estimate of drug-likeness (QED) is 0.542. The molecule has 1 aliphatic heterocycles. The minimum atomic E-state index is -3.87. The van der Waals surface area contributed by atoms with Gasteiger partial charge in [0.15, 0.2) is 0 Å². The van der Waals surface area contributed by atoms with E-state index in [1.54, 1.807) is 47.8 Å². The Bertz CT molecular complexity index is 1220. The van der Waals surface area contributed by atoms with Crippen LogP contribution in [-0.2, 0) is 10.0 Å². The van der Waals surface area contributed by atoms with Crippen molar-refractivity contribution in [3.05, 3.63) is 70.7 Å². The van der Waals surface area contributed by atoms with Gasteiger partial charge in [0.25, 0.3) is 5.91 Å². The van der Waals surface area contributed by atoms with Crippen LogP contribution in [0.3, 0.4) is 0 Å². The van der Waals surface area contributed by atoms with Crippen molar-refractivity contribution in [1.82, 2.24) is 4.31 Å². The number of ether oxygens (including phenoxy) is 1. The Balaban J connectivity index is 1.46. The molecule has 174 valence electrons. The first-order chi connectivity index (χ1) is 15.9. The van der Waals surface area contributed by atoms with E-state index in [9.17, 15) is 17.6 Å². The van der Waals surface area contributed by atoms with Crippen LogP contribution < -0.4 is 15.0 Å². The second kappa shape index (κ2) is 9.90. The highest BCUT2D eigenvalue weighted by molar-refractivity contribution is 7.89. The second-order valence-electron chi connectivity index (χ2n) is 7.37. The molecule has 2 aromatic carbocycles. The average Bonchev–Trinajstić information content (AvgIpc) is 3.32. The number of hydrogen-bond acceptors (Lipinski definition) is 6. The van der Waals surface area contributed by atoms with E-state index in [0.717, 1.165) is 11.3 Å². The number of benzene rings is 2. The van der Waals surface area contributed by atoms with Crippen LogP contribution in [0, 0.1) is 5.82 Å². The van der Waals surface area contributed by atoms with Crippen molar-refractivity contribution in [3.8, 4) is 5.75 Å². The zero-order valence-electron chi connectivity index (χ0n) is 18.0. The largest absolute Gasteiger partial charge is 0.494 e. The summed E-state index contributed by atoms with van der Waals surface area (Å²) in [7, 11) is -3.87. The first-order valence-corrected chi connectivity index (χ1v) is 12.8. The Morgan fingerprint density at radius 2 is 1.76 bits per heavy atom. The van der Waals surface area contributed by atoms with Gasteiger partial charge in [0.1, 0.15) is 21.3 Å². The molecular weight excluding hydrogens is 465 g/mol. The molecule has 3 aromatic rings. The average molecular weight is 490 g/mol. The molecule has 7 nitrogen and oxygen atoms in total. The lowest BCUT2D eigenvalue weighted by molar-refractivity contribution is 0.102. The van der Waals surface area contributed by atoms with E-state index in [2.05, 4.69) is 5.32 Å². The number of halogens is 1. The fraction of sp³-hybridized carbons (Fsp3) is 0.261. The first kappa shape index (κ1) is 23.2. The molecule has 0 atom stereocenters. The third-order valence-electron chi connectivity index (χ3n) is 5.31. The molecule has 1 aliphatic rings. The van der Waals surface area contributed by atoms with E-state index in [-0.39, 0.29) is 28.7 Å². The van der Waals surface area contributed by atoms with Crippen LogP contribution in [0.15, 0.2) is 64.9 Å². The fourth-order valence-electron chi connectivity index (χ4n) is 3.67. The maximum Gasteiger partial charge on any atom is 0.267 e. The van der Waals surface area contributed by atoms with Crippen molar-refractivity contribution in [2.75, 3.05) is 43.0 Å². The fourth-order valence-corrected chi connectivity index (χ4v) is 6.39. The van der Waals surface area contributed by atoms with Gasteiger partial charge in [0, 0.05) is 31.9 Å². The molecule has 1 amide bonds. The summed E-state index contributed by atoms with van der Waals surface area (Å²) in [5, 5.41) is 4.34. The number of carbonyl (C=O) groups is 1. The molecule has 0 spiro atoms. The third kappa shape index (κ3) is 5.02. The number of para-hydroxylation sites is 1. The summed E-state index contributed by atoms with van der Waals surface area (Å²) >= 11 is 1.08. The molecule has 4 rings (SSSR count). The van der Waals surface area contributed by atoms with Gasteiger partial charge in [-0.25, -0.2) is 12.8 Å². The van der Waals surface area contributed by atoms with E-state index in [0.29, 0.717) is 36.8 Å². The smallest absolute Gasteiger partial charge is 0.267 e. The van der Waals surface area contributed by atoms with E-state index in [1.165, 1.54) is 16.4 Å². The van der Waals surface area contributed by atoms with Gasteiger partial charge in [0.2, 0.25) is 10.0 Å². The molecule has 0 unspecified atom stereocenters. The Morgan fingerprint density at radius 1 is 1.06 bits per heavy atom. The zero-order chi connectivity index (χ0) is 23.4. The lowest BCUT2D eigenvalue weighted by atomic mass is 10.2. The second-order valence-corrected chi connectivity index (χ2v) is 10.2. The van der Waals surface area contributed by atoms with Gasteiger partial charge in [-0.05, 0) is 54.8 Å². The molecule has 2 heterocycles. The molecule has 10 heteroatoms. The van der Waals surface area contributed by atoms with Crippen molar-refractivity contribution < 1.29 is 22.3 Å². The van der Waals surface area contributed by atoms with Crippen LogP contribution in [0.5, 0.6) is 5.75 Å². The SMILES string of the molecule is CCOc1ccc(NC(=O)c2sccc2S(=O)(=O)N2CCN(c3ccccc3F)CC2)cc1.